The van der Waals surface area contributed by atoms with Crippen LogP contribution >= 0.6 is 11.8 Å². The molecular formula is C12H16N4OS. The molecule has 0 aliphatic heterocycles. The molecule has 0 saturated heterocycles. The largest absolute Gasteiger partial charge is 0.383 e. The molecule has 0 aromatic carbocycles. The van der Waals surface area contributed by atoms with Crippen LogP contribution in [-0.4, -0.2) is 39.2 Å². The van der Waals surface area contributed by atoms with Gasteiger partial charge in [-0.1, -0.05) is 11.8 Å². The summed E-state index contributed by atoms with van der Waals surface area (Å²) in [6.07, 6.45) is 6.39. The summed E-state index contributed by atoms with van der Waals surface area (Å²) in [5.74, 6) is 0.982. The Labute approximate surface area is 111 Å². The Balaban J connectivity index is 1.81. The highest BCUT2D eigenvalue weighted by molar-refractivity contribution is 7.99. The highest BCUT2D eigenvalue weighted by Gasteiger charge is 2.04. The molecule has 0 aliphatic rings. The Kier molecular flexibility index (Phi) is 5.16. The quantitative estimate of drug-likeness (QED) is 0.712. The minimum Gasteiger partial charge on any atom is -0.383 e. The normalized spacial score (nSPS) is 10.7. The van der Waals surface area contributed by atoms with Crippen LogP contribution in [0.2, 0.25) is 0 Å². The SMILES string of the molecule is COCCn1cnnc1SCCc1ccncc1. The maximum Gasteiger partial charge on any atom is 0.191 e. The van der Waals surface area contributed by atoms with Crippen LogP contribution in [0.25, 0.3) is 0 Å². The Hall–Kier alpha value is -1.40. The molecule has 0 atom stereocenters. The van der Waals surface area contributed by atoms with Gasteiger partial charge in [-0.05, 0) is 24.1 Å². The minimum atomic E-state index is 0.677. The fourth-order valence-corrected chi connectivity index (χ4v) is 2.44. The summed E-state index contributed by atoms with van der Waals surface area (Å²) in [6.45, 7) is 1.47. The molecule has 0 fully saturated rings. The molecule has 2 heterocycles. The molecule has 2 aromatic rings. The number of thioether (sulfide) groups is 1. The molecule has 0 N–H and O–H groups in total. The third-order valence-corrected chi connectivity index (χ3v) is 3.47. The van der Waals surface area contributed by atoms with E-state index in [1.165, 1.54) is 5.56 Å². The number of pyridine rings is 1. The van der Waals surface area contributed by atoms with Gasteiger partial charge in [0.2, 0.25) is 0 Å². The zero-order valence-corrected chi connectivity index (χ0v) is 11.1. The van der Waals surface area contributed by atoms with Crippen LogP contribution in [0.5, 0.6) is 0 Å². The second kappa shape index (κ2) is 7.13. The van der Waals surface area contributed by atoms with E-state index < -0.39 is 0 Å². The molecule has 0 radical (unpaired) electrons. The fourth-order valence-electron chi connectivity index (χ4n) is 1.51. The van der Waals surface area contributed by atoms with Crippen molar-refractivity contribution in [2.24, 2.45) is 0 Å². The van der Waals surface area contributed by atoms with Gasteiger partial charge in [-0.3, -0.25) is 4.98 Å². The van der Waals surface area contributed by atoms with Crippen molar-refractivity contribution in [3.05, 3.63) is 36.4 Å². The molecule has 96 valence electrons. The van der Waals surface area contributed by atoms with Crippen LogP contribution in [-0.2, 0) is 17.7 Å². The van der Waals surface area contributed by atoms with Crippen LogP contribution in [0.3, 0.4) is 0 Å². The Morgan fingerprint density at radius 1 is 1.33 bits per heavy atom. The second-order valence-corrected chi connectivity index (χ2v) is 4.82. The van der Waals surface area contributed by atoms with Gasteiger partial charge in [-0.25, -0.2) is 0 Å². The molecule has 18 heavy (non-hydrogen) atoms. The number of aromatic nitrogens is 4. The van der Waals surface area contributed by atoms with Gasteiger partial charge in [0, 0.05) is 31.8 Å². The van der Waals surface area contributed by atoms with Gasteiger partial charge in [0.15, 0.2) is 5.16 Å². The van der Waals surface area contributed by atoms with E-state index in [1.54, 1.807) is 25.2 Å². The maximum atomic E-state index is 5.05. The highest BCUT2D eigenvalue weighted by atomic mass is 32.2. The van der Waals surface area contributed by atoms with Crippen molar-refractivity contribution in [3.63, 3.8) is 0 Å². The van der Waals surface area contributed by atoms with Crippen molar-refractivity contribution < 1.29 is 4.74 Å². The molecule has 0 bridgehead atoms. The van der Waals surface area contributed by atoms with Gasteiger partial charge in [0.25, 0.3) is 0 Å². The third kappa shape index (κ3) is 3.82. The molecule has 0 aliphatic carbocycles. The van der Waals surface area contributed by atoms with Crippen molar-refractivity contribution >= 4 is 11.8 Å². The van der Waals surface area contributed by atoms with Crippen molar-refractivity contribution in [1.82, 2.24) is 19.7 Å². The first-order valence-electron chi connectivity index (χ1n) is 5.78. The van der Waals surface area contributed by atoms with E-state index in [-0.39, 0.29) is 0 Å². The molecule has 0 unspecified atom stereocenters. The van der Waals surface area contributed by atoms with Gasteiger partial charge in [-0.15, -0.1) is 10.2 Å². The van der Waals surface area contributed by atoms with Crippen molar-refractivity contribution in [1.29, 1.82) is 0 Å². The van der Waals surface area contributed by atoms with E-state index >= 15 is 0 Å². The first-order valence-corrected chi connectivity index (χ1v) is 6.77. The average molecular weight is 264 g/mol. The summed E-state index contributed by atoms with van der Waals surface area (Å²) in [5.41, 5.74) is 1.29. The molecule has 0 saturated carbocycles. The number of hydrogen-bond acceptors (Lipinski definition) is 5. The average Bonchev–Trinajstić information content (AvgIpc) is 2.85. The molecule has 2 rings (SSSR count). The third-order valence-electron chi connectivity index (χ3n) is 2.49. The van der Waals surface area contributed by atoms with Gasteiger partial charge in [-0.2, -0.15) is 0 Å². The highest BCUT2D eigenvalue weighted by Crippen LogP contribution is 2.16. The molecule has 0 spiro atoms. The van der Waals surface area contributed by atoms with E-state index in [0.717, 1.165) is 23.9 Å². The maximum absolute atomic E-state index is 5.05. The lowest BCUT2D eigenvalue weighted by Crippen LogP contribution is -2.04. The zero-order valence-electron chi connectivity index (χ0n) is 10.3. The lowest BCUT2D eigenvalue weighted by atomic mass is 10.2. The van der Waals surface area contributed by atoms with Crippen LogP contribution in [0, 0.1) is 0 Å². The Morgan fingerprint density at radius 2 is 2.17 bits per heavy atom. The first kappa shape index (κ1) is 13.0. The van der Waals surface area contributed by atoms with Gasteiger partial charge < -0.3 is 9.30 Å². The molecule has 6 heteroatoms. The molecule has 5 nitrogen and oxygen atoms in total. The van der Waals surface area contributed by atoms with E-state index in [2.05, 4.69) is 15.2 Å². The lowest BCUT2D eigenvalue weighted by molar-refractivity contribution is 0.184. The summed E-state index contributed by atoms with van der Waals surface area (Å²) in [7, 11) is 1.70. The summed E-state index contributed by atoms with van der Waals surface area (Å²) in [5, 5.41) is 8.98. The summed E-state index contributed by atoms with van der Waals surface area (Å²) in [4.78, 5) is 4.00. The topological polar surface area (TPSA) is 52.8 Å². The van der Waals surface area contributed by atoms with Crippen LogP contribution in [0.1, 0.15) is 5.56 Å². The number of aryl methyl sites for hydroxylation is 1. The lowest BCUT2D eigenvalue weighted by Gasteiger charge is -2.05. The number of hydrogen-bond donors (Lipinski definition) is 0. The van der Waals surface area contributed by atoms with Crippen LogP contribution in [0.4, 0.5) is 0 Å². The van der Waals surface area contributed by atoms with Crippen LogP contribution in [0.15, 0.2) is 36.0 Å². The monoisotopic (exact) mass is 264 g/mol. The summed E-state index contributed by atoms with van der Waals surface area (Å²) in [6, 6.07) is 4.08. The van der Waals surface area contributed by atoms with Gasteiger partial charge in [0.05, 0.1) is 6.61 Å². The minimum absolute atomic E-state index is 0.677. The number of methoxy groups -OCH3 is 1. The predicted molar refractivity (Wildman–Crippen MR) is 70.6 cm³/mol. The van der Waals surface area contributed by atoms with Crippen LogP contribution < -0.4 is 0 Å². The van der Waals surface area contributed by atoms with Crippen molar-refractivity contribution in [3.8, 4) is 0 Å². The van der Waals surface area contributed by atoms with Crippen molar-refractivity contribution in [2.75, 3.05) is 19.5 Å². The summed E-state index contributed by atoms with van der Waals surface area (Å²) >= 11 is 1.71. The van der Waals surface area contributed by atoms with E-state index in [9.17, 15) is 0 Å². The second-order valence-electron chi connectivity index (χ2n) is 3.75. The van der Waals surface area contributed by atoms with Gasteiger partial charge >= 0.3 is 0 Å². The predicted octanol–water partition coefficient (Wildman–Crippen LogP) is 1.65. The number of rotatable bonds is 7. The Morgan fingerprint density at radius 3 is 2.94 bits per heavy atom. The van der Waals surface area contributed by atoms with E-state index in [0.29, 0.717) is 6.61 Å². The standard InChI is InChI=1S/C12H16N4OS/c1-17-8-7-16-10-14-15-12(16)18-9-4-11-2-5-13-6-3-11/h2-3,5-6,10H,4,7-9H2,1H3. The van der Waals surface area contributed by atoms with E-state index in [1.807, 2.05) is 29.1 Å². The number of ether oxygens (including phenoxy) is 1. The molecule has 0 amide bonds. The fraction of sp³-hybridized carbons (Fsp3) is 0.417. The smallest absolute Gasteiger partial charge is 0.191 e. The van der Waals surface area contributed by atoms with Crippen molar-refractivity contribution in [2.45, 2.75) is 18.1 Å². The Bertz CT molecular complexity index is 460. The van der Waals surface area contributed by atoms with E-state index in [4.69, 9.17) is 4.74 Å². The molecular weight excluding hydrogens is 248 g/mol. The zero-order chi connectivity index (χ0) is 12.6. The number of nitrogens with zero attached hydrogens (tertiary/aromatic N) is 4. The molecule has 2 aromatic heterocycles. The van der Waals surface area contributed by atoms with Gasteiger partial charge in [0.1, 0.15) is 6.33 Å². The first-order chi connectivity index (χ1) is 8.90. The summed E-state index contributed by atoms with van der Waals surface area (Å²) < 4.78 is 7.07.